The zero-order valence-electron chi connectivity index (χ0n) is 9.06. The zero-order valence-corrected chi connectivity index (χ0v) is 9.06. The van der Waals surface area contributed by atoms with Gasteiger partial charge >= 0.3 is 0 Å². The molecule has 0 aliphatic carbocycles. The average Bonchev–Trinajstić information content (AvgIpc) is 2.65. The minimum absolute atomic E-state index is 0.0740. The van der Waals surface area contributed by atoms with Crippen LogP contribution in [0.25, 0.3) is 0 Å². The predicted molar refractivity (Wildman–Crippen MR) is 56.9 cm³/mol. The first-order valence-electron chi connectivity index (χ1n) is 5.29. The van der Waals surface area contributed by atoms with Gasteiger partial charge in [0, 0.05) is 18.0 Å². The van der Waals surface area contributed by atoms with Crippen molar-refractivity contribution < 1.29 is 9.53 Å². The molecule has 2 heterocycles. The largest absolute Gasteiger partial charge is 0.367 e. The normalized spacial score (nSPS) is 25.5. The summed E-state index contributed by atoms with van der Waals surface area (Å²) in [6.45, 7) is 3.93. The molecule has 0 spiro atoms. The van der Waals surface area contributed by atoms with Crippen LogP contribution in [0, 0.1) is 6.92 Å². The highest BCUT2D eigenvalue weighted by Crippen LogP contribution is 2.23. The molecule has 2 unspecified atom stereocenters. The SMILES string of the molecule is Cc1ccncc1C(=O)C1CCC(C)O1. The van der Waals surface area contributed by atoms with Gasteiger partial charge in [-0.05, 0) is 38.3 Å². The van der Waals surface area contributed by atoms with E-state index in [2.05, 4.69) is 4.98 Å². The lowest BCUT2D eigenvalue weighted by Gasteiger charge is -2.11. The van der Waals surface area contributed by atoms with Crippen LogP contribution in [-0.4, -0.2) is 23.0 Å². The Morgan fingerprint density at radius 3 is 2.93 bits per heavy atom. The fourth-order valence-electron chi connectivity index (χ4n) is 1.89. The van der Waals surface area contributed by atoms with Crippen LogP contribution in [0.15, 0.2) is 18.5 Å². The van der Waals surface area contributed by atoms with E-state index in [-0.39, 0.29) is 18.0 Å². The van der Waals surface area contributed by atoms with Gasteiger partial charge in [-0.3, -0.25) is 9.78 Å². The van der Waals surface area contributed by atoms with Crippen molar-refractivity contribution in [3.05, 3.63) is 29.6 Å². The quantitative estimate of drug-likeness (QED) is 0.694. The lowest BCUT2D eigenvalue weighted by Crippen LogP contribution is -2.21. The molecule has 0 N–H and O–H groups in total. The first-order chi connectivity index (χ1) is 7.18. The van der Waals surface area contributed by atoms with Gasteiger partial charge in [0.2, 0.25) is 0 Å². The highest BCUT2D eigenvalue weighted by Gasteiger charge is 2.29. The van der Waals surface area contributed by atoms with E-state index in [1.54, 1.807) is 12.4 Å². The van der Waals surface area contributed by atoms with E-state index in [0.29, 0.717) is 5.56 Å². The van der Waals surface area contributed by atoms with Crippen molar-refractivity contribution in [2.24, 2.45) is 0 Å². The number of carbonyl (C=O) groups is 1. The third-order valence-electron chi connectivity index (χ3n) is 2.83. The van der Waals surface area contributed by atoms with E-state index in [9.17, 15) is 4.79 Å². The van der Waals surface area contributed by atoms with Gasteiger partial charge in [-0.25, -0.2) is 0 Å². The van der Waals surface area contributed by atoms with Gasteiger partial charge in [0.15, 0.2) is 5.78 Å². The van der Waals surface area contributed by atoms with Crippen LogP contribution in [0.5, 0.6) is 0 Å². The number of aryl methyl sites for hydroxylation is 1. The summed E-state index contributed by atoms with van der Waals surface area (Å²) in [6.07, 6.45) is 5.07. The lowest BCUT2D eigenvalue weighted by atomic mass is 10.0. The first-order valence-corrected chi connectivity index (χ1v) is 5.29. The summed E-state index contributed by atoms with van der Waals surface area (Å²) < 4.78 is 5.56. The molecular weight excluding hydrogens is 190 g/mol. The molecule has 1 aliphatic heterocycles. The number of nitrogens with zero attached hydrogens (tertiary/aromatic N) is 1. The third kappa shape index (κ3) is 2.07. The number of pyridine rings is 1. The topological polar surface area (TPSA) is 39.2 Å². The Hall–Kier alpha value is -1.22. The molecular formula is C12H15NO2. The molecule has 1 aliphatic rings. The fourth-order valence-corrected chi connectivity index (χ4v) is 1.89. The number of ketones is 1. The molecule has 0 radical (unpaired) electrons. The fraction of sp³-hybridized carbons (Fsp3) is 0.500. The molecule has 1 fully saturated rings. The molecule has 3 nitrogen and oxygen atoms in total. The Morgan fingerprint density at radius 1 is 1.53 bits per heavy atom. The van der Waals surface area contributed by atoms with E-state index in [4.69, 9.17) is 4.74 Å². The van der Waals surface area contributed by atoms with Crippen molar-refractivity contribution in [2.75, 3.05) is 0 Å². The second kappa shape index (κ2) is 4.11. The Kier molecular flexibility index (Phi) is 2.82. The maximum atomic E-state index is 12.0. The summed E-state index contributed by atoms with van der Waals surface area (Å²) >= 11 is 0. The van der Waals surface area contributed by atoms with E-state index < -0.39 is 0 Å². The molecule has 0 amide bonds. The highest BCUT2D eigenvalue weighted by molar-refractivity contribution is 6.00. The van der Waals surface area contributed by atoms with Crippen molar-refractivity contribution in [1.82, 2.24) is 4.98 Å². The van der Waals surface area contributed by atoms with Gasteiger partial charge in [-0.1, -0.05) is 0 Å². The summed E-state index contributed by atoms with van der Waals surface area (Å²) in [4.78, 5) is 16.0. The molecule has 3 heteroatoms. The van der Waals surface area contributed by atoms with Crippen LogP contribution in [0.3, 0.4) is 0 Å². The average molecular weight is 205 g/mol. The molecule has 2 atom stereocenters. The number of hydrogen-bond donors (Lipinski definition) is 0. The van der Waals surface area contributed by atoms with Gasteiger partial charge in [-0.15, -0.1) is 0 Å². The zero-order chi connectivity index (χ0) is 10.8. The molecule has 80 valence electrons. The van der Waals surface area contributed by atoms with Crippen LogP contribution >= 0.6 is 0 Å². The molecule has 1 saturated heterocycles. The van der Waals surface area contributed by atoms with Crippen LogP contribution in [-0.2, 0) is 4.74 Å². The van der Waals surface area contributed by atoms with Gasteiger partial charge in [0.25, 0.3) is 0 Å². The number of rotatable bonds is 2. The molecule has 0 bridgehead atoms. The number of Topliss-reactive ketones (excluding diaryl/α,β-unsaturated/α-hetero) is 1. The summed E-state index contributed by atoms with van der Waals surface area (Å²) in [5, 5.41) is 0. The Morgan fingerprint density at radius 2 is 2.33 bits per heavy atom. The highest BCUT2D eigenvalue weighted by atomic mass is 16.5. The molecule has 0 saturated carbocycles. The second-order valence-corrected chi connectivity index (χ2v) is 4.07. The molecule has 1 aromatic rings. The minimum Gasteiger partial charge on any atom is -0.367 e. The predicted octanol–water partition coefficient (Wildman–Crippen LogP) is 2.14. The monoisotopic (exact) mass is 205 g/mol. The standard InChI is InChI=1S/C12H15NO2/c1-8-5-6-13-7-10(8)12(14)11-4-3-9(2)15-11/h5-7,9,11H,3-4H2,1-2H3. The maximum absolute atomic E-state index is 12.0. The molecule has 0 aromatic carbocycles. The van der Waals surface area contributed by atoms with Crippen molar-refractivity contribution in [1.29, 1.82) is 0 Å². The Labute approximate surface area is 89.5 Å². The van der Waals surface area contributed by atoms with Crippen molar-refractivity contribution in [2.45, 2.75) is 38.9 Å². The van der Waals surface area contributed by atoms with Gasteiger partial charge in [0.1, 0.15) is 6.10 Å². The smallest absolute Gasteiger partial charge is 0.193 e. The minimum atomic E-state index is -0.261. The lowest BCUT2D eigenvalue weighted by molar-refractivity contribution is 0.0432. The molecule has 15 heavy (non-hydrogen) atoms. The van der Waals surface area contributed by atoms with Gasteiger partial charge in [0.05, 0.1) is 6.10 Å². The Bertz CT molecular complexity index is 376. The van der Waals surface area contributed by atoms with Gasteiger partial charge in [-0.2, -0.15) is 0 Å². The van der Waals surface area contributed by atoms with Crippen LogP contribution in [0.4, 0.5) is 0 Å². The summed E-state index contributed by atoms with van der Waals surface area (Å²) in [7, 11) is 0. The van der Waals surface area contributed by atoms with Crippen LogP contribution in [0.1, 0.15) is 35.7 Å². The maximum Gasteiger partial charge on any atom is 0.193 e. The summed E-state index contributed by atoms with van der Waals surface area (Å²) in [5.74, 6) is 0.0740. The third-order valence-corrected chi connectivity index (χ3v) is 2.83. The summed E-state index contributed by atoms with van der Waals surface area (Å²) in [5.41, 5.74) is 1.66. The number of aromatic nitrogens is 1. The molecule has 1 aromatic heterocycles. The van der Waals surface area contributed by atoms with Crippen molar-refractivity contribution in [3.63, 3.8) is 0 Å². The molecule has 2 rings (SSSR count). The number of ether oxygens (including phenoxy) is 1. The van der Waals surface area contributed by atoms with Crippen LogP contribution < -0.4 is 0 Å². The Balaban J connectivity index is 2.18. The number of hydrogen-bond acceptors (Lipinski definition) is 3. The second-order valence-electron chi connectivity index (χ2n) is 4.07. The number of carbonyl (C=O) groups excluding carboxylic acids is 1. The van der Waals surface area contributed by atoms with E-state index in [1.807, 2.05) is 19.9 Å². The van der Waals surface area contributed by atoms with Crippen LogP contribution in [0.2, 0.25) is 0 Å². The van der Waals surface area contributed by atoms with E-state index in [1.165, 1.54) is 0 Å². The van der Waals surface area contributed by atoms with E-state index in [0.717, 1.165) is 18.4 Å². The van der Waals surface area contributed by atoms with Gasteiger partial charge < -0.3 is 4.74 Å². The van der Waals surface area contributed by atoms with Crippen molar-refractivity contribution in [3.8, 4) is 0 Å². The van der Waals surface area contributed by atoms with Crippen molar-refractivity contribution >= 4 is 5.78 Å². The van der Waals surface area contributed by atoms with E-state index >= 15 is 0 Å². The summed E-state index contributed by atoms with van der Waals surface area (Å²) in [6, 6.07) is 1.85. The first kappa shape index (κ1) is 10.3.